The molecule has 1 fully saturated rings. The molecular formula is C42H73NO12S. The lowest BCUT2D eigenvalue weighted by Crippen LogP contribution is -2.61. The molecule has 1 amide bonds. The molecule has 7 N–H and O–H groups in total. The van der Waals surface area contributed by atoms with Crippen LogP contribution in [0.4, 0.5) is 0 Å². The lowest BCUT2D eigenvalue weighted by Gasteiger charge is -2.41. The molecule has 0 aliphatic carbocycles. The van der Waals surface area contributed by atoms with Gasteiger partial charge in [0.25, 0.3) is 0 Å². The zero-order chi connectivity index (χ0) is 41.4. The third kappa shape index (κ3) is 25.2. The molecule has 324 valence electrons. The highest BCUT2D eigenvalue weighted by Gasteiger charge is 2.48. The van der Waals surface area contributed by atoms with E-state index >= 15 is 0 Å². The summed E-state index contributed by atoms with van der Waals surface area (Å²) in [5, 5.41) is 54.8. The molecule has 0 saturated carbocycles. The Morgan fingerprint density at radius 2 is 1.32 bits per heavy atom. The number of hydrogen-bond acceptors (Lipinski definition) is 11. The molecule has 56 heavy (non-hydrogen) atoms. The van der Waals surface area contributed by atoms with E-state index in [1.54, 1.807) is 6.08 Å². The van der Waals surface area contributed by atoms with E-state index in [4.69, 9.17) is 14.0 Å². The van der Waals surface area contributed by atoms with Gasteiger partial charge in [0.1, 0.15) is 30.5 Å². The summed E-state index contributed by atoms with van der Waals surface area (Å²) < 4.78 is 47.2. The van der Waals surface area contributed by atoms with Crippen molar-refractivity contribution in [3.05, 3.63) is 60.8 Å². The van der Waals surface area contributed by atoms with Crippen LogP contribution >= 0.6 is 0 Å². The second-order valence-electron chi connectivity index (χ2n) is 14.4. The summed E-state index contributed by atoms with van der Waals surface area (Å²) in [6.45, 7) is 2.89. The molecule has 1 saturated heterocycles. The number of nitrogens with one attached hydrogen (secondary N) is 1. The van der Waals surface area contributed by atoms with Crippen molar-refractivity contribution in [3.63, 3.8) is 0 Å². The molecule has 0 spiro atoms. The Hall–Kier alpha value is -2.24. The Balaban J connectivity index is 2.59. The van der Waals surface area contributed by atoms with Crippen LogP contribution in [0.3, 0.4) is 0 Å². The van der Waals surface area contributed by atoms with Crippen molar-refractivity contribution in [2.75, 3.05) is 13.2 Å². The van der Waals surface area contributed by atoms with Crippen LogP contribution in [-0.4, -0.2) is 107 Å². The molecule has 8 unspecified atom stereocenters. The maximum atomic E-state index is 13.0. The van der Waals surface area contributed by atoms with Gasteiger partial charge in [-0.05, 0) is 64.7 Å². The number of rotatable bonds is 33. The number of hydrogen-bond donors (Lipinski definition) is 7. The van der Waals surface area contributed by atoms with Crippen LogP contribution in [0, 0.1) is 0 Å². The summed E-state index contributed by atoms with van der Waals surface area (Å²) in [7, 11) is -5.12. The lowest BCUT2D eigenvalue weighted by atomic mass is 9.99. The van der Waals surface area contributed by atoms with Crippen molar-refractivity contribution >= 4 is 16.3 Å². The van der Waals surface area contributed by atoms with Crippen LogP contribution in [0.1, 0.15) is 136 Å². The van der Waals surface area contributed by atoms with Gasteiger partial charge in [-0.25, -0.2) is 4.18 Å². The highest BCUT2D eigenvalue weighted by atomic mass is 32.3. The Bertz CT molecular complexity index is 1250. The lowest BCUT2D eigenvalue weighted by molar-refractivity contribution is -0.298. The summed E-state index contributed by atoms with van der Waals surface area (Å²) >= 11 is 0. The topological polar surface area (TPSA) is 212 Å². The van der Waals surface area contributed by atoms with Gasteiger partial charge in [0.2, 0.25) is 5.91 Å². The van der Waals surface area contributed by atoms with Gasteiger partial charge in [0.15, 0.2) is 6.29 Å². The maximum Gasteiger partial charge on any atom is 0.397 e. The molecule has 1 heterocycles. The van der Waals surface area contributed by atoms with Gasteiger partial charge in [-0.1, -0.05) is 132 Å². The number of unbranched alkanes of at least 4 members (excludes halogenated alkanes) is 14. The zero-order valence-corrected chi connectivity index (χ0v) is 34.6. The molecule has 1 rings (SSSR count). The number of ether oxygens (including phenoxy) is 2. The van der Waals surface area contributed by atoms with Crippen molar-refractivity contribution in [3.8, 4) is 0 Å². The summed E-state index contributed by atoms with van der Waals surface area (Å²) in [5.74, 6) is -0.727. The van der Waals surface area contributed by atoms with Crippen molar-refractivity contribution in [2.45, 2.75) is 185 Å². The van der Waals surface area contributed by atoms with Gasteiger partial charge in [0.05, 0.1) is 25.4 Å². The highest BCUT2D eigenvalue weighted by Crippen LogP contribution is 2.26. The molecule has 0 bridgehead atoms. The van der Waals surface area contributed by atoms with E-state index in [2.05, 4.69) is 52.9 Å². The van der Waals surface area contributed by atoms with Crippen LogP contribution in [0.5, 0.6) is 0 Å². The normalized spacial score (nSPS) is 22.6. The van der Waals surface area contributed by atoms with Crippen LogP contribution < -0.4 is 5.32 Å². The second-order valence-corrected chi connectivity index (χ2v) is 15.4. The molecule has 0 radical (unpaired) electrons. The van der Waals surface area contributed by atoms with E-state index in [1.807, 2.05) is 19.1 Å². The SMILES string of the molecule is C/C=C/CC/C=C/CC/C=C/C(O)C(COC1OC(CO)C(O)C(OS(=O)(=O)O)C1O)NC(=O)C(O)CCCCCCCCCCC/C=C\C=C/CCCCC. The predicted octanol–water partition coefficient (Wildman–Crippen LogP) is 6.07. The average Bonchev–Trinajstić information content (AvgIpc) is 3.16. The largest absolute Gasteiger partial charge is 0.397 e. The van der Waals surface area contributed by atoms with Crippen LogP contribution in [0.15, 0.2) is 60.8 Å². The zero-order valence-electron chi connectivity index (χ0n) is 33.8. The third-order valence-corrected chi connectivity index (χ3v) is 9.94. The smallest absolute Gasteiger partial charge is 0.394 e. The molecule has 0 aromatic rings. The average molecular weight is 816 g/mol. The number of amides is 1. The fourth-order valence-electron chi connectivity index (χ4n) is 6.14. The van der Waals surface area contributed by atoms with Gasteiger partial charge >= 0.3 is 10.4 Å². The van der Waals surface area contributed by atoms with E-state index in [-0.39, 0.29) is 6.42 Å². The predicted molar refractivity (Wildman–Crippen MR) is 219 cm³/mol. The molecule has 13 nitrogen and oxygen atoms in total. The van der Waals surface area contributed by atoms with Gasteiger partial charge in [-0.3, -0.25) is 9.35 Å². The number of aliphatic hydroxyl groups excluding tert-OH is 5. The highest BCUT2D eigenvalue weighted by molar-refractivity contribution is 7.80. The third-order valence-electron chi connectivity index (χ3n) is 9.48. The first-order chi connectivity index (χ1) is 26.9. The minimum Gasteiger partial charge on any atom is -0.394 e. The first-order valence-corrected chi connectivity index (χ1v) is 22.1. The summed E-state index contributed by atoms with van der Waals surface area (Å²) in [6, 6.07) is -1.14. The van der Waals surface area contributed by atoms with E-state index in [0.29, 0.717) is 12.8 Å². The van der Waals surface area contributed by atoms with Crippen molar-refractivity contribution in [1.82, 2.24) is 5.32 Å². The number of carbonyl (C=O) groups excluding carboxylic acids is 1. The van der Waals surface area contributed by atoms with Crippen LogP contribution in [-0.2, 0) is 28.9 Å². The van der Waals surface area contributed by atoms with Crippen molar-refractivity contribution in [1.29, 1.82) is 0 Å². The second kappa shape index (κ2) is 32.7. The molecule has 14 heteroatoms. The Morgan fingerprint density at radius 3 is 1.89 bits per heavy atom. The minimum absolute atomic E-state index is 0.225. The fraction of sp³-hybridized carbons (Fsp3) is 0.738. The number of aliphatic hydroxyl groups is 5. The van der Waals surface area contributed by atoms with E-state index < -0.39 is 78.5 Å². The molecule has 8 atom stereocenters. The molecular weight excluding hydrogens is 743 g/mol. The standard InChI is InChI=1S/C42H73NO12S/c1-3-5-7-9-11-13-14-15-16-17-18-19-20-21-23-25-27-29-31-36(46)41(49)43-34(35(45)30-28-26-24-22-12-10-8-6-4-2)33-53-42-39(48)40(55-56(50,51)52)38(47)37(32-44)54-42/h4,6,11-15,22,28,30,34-40,42,44-48H,3,5,7-10,16-21,23-27,29,31-33H2,1-2H3,(H,43,49)(H,50,51,52)/b6-4+,13-11-,15-14-,22-12+,30-28+. The fourth-order valence-corrected chi connectivity index (χ4v) is 6.64. The van der Waals surface area contributed by atoms with E-state index in [0.717, 1.165) is 57.8 Å². The number of carbonyl (C=O) groups is 1. The Morgan fingerprint density at radius 1 is 0.768 bits per heavy atom. The van der Waals surface area contributed by atoms with E-state index in [9.17, 15) is 38.7 Å². The minimum atomic E-state index is -5.12. The quantitative estimate of drug-likeness (QED) is 0.0174. The monoisotopic (exact) mass is 815 g/mol. The van der Waals surface area contributed by atoms with Gasteiger partial charge in [-0.2, -0.15) is 8.42 Å². The van der Waals surface area contributed by atoms with E-state index in [1.165, 1.54) is 51.0 Å². The Labute approximate surface area is 336 Å². The van der Waals surface area contributed by atoms with Gasteiger partial charge < -0.3 is 40.3 Å². The Kier molecular flexibility index (Phi) is 30.2. The first-order valence-electron chi connectivity index (χ1n) is 20.8. The first kappa shape index (κ1) is 51.8. The summed E-state index contributed by atoms with van der Waals surface area (Å²) in [4.78, 5) is 13.0. The maximum absolute atomic E-state index is 13.0. The summed E-state index contributed by atoms with van der Waals surface area (Å²) in [6.07, 6.45) is 27.7. The van der Waals surface area contributed by atoms with Crippen molar-refractivity contribution in [2.24, 2.45) is 0 Å². The molecule has 1 aliphatic heterocycles. The molecule has 0 aromatic heterocycles. The van der Waals surface area contributed by atoms with Crippen LogP contribution in [0.25, 0.3) is 0 Å². The van der Waals surface area contributed by atoms with Gasteiger partial charge in [-0.15, -0.1) is 0 Å². The summed E-state index contributed by atoms with van der Waals surface area (Å²) in [5.41, 5.74) is 0. The van der Waals surface area contributed by atoms with Gasteiger partial charge in [0, 0.05) is 0 Å². The van der Waals surface area contributed by atoms with Crippen LogP contribution in [0.2, 0.25) is 0 Å². The van der Waals surface area contributed by atoms with Crippen molar-refractivity contribution < 1.29 is 57.0 Å². The number of allylic oxidation sites excluding steroid dienone is 9. The molecule has 0 aromatic carbocycles. The molecule has 1 aliphatic rings.